The molecule has 0 aliphatic heterocycles. The molecule has 0 saturated carbocycles. The maximum absolute atomic E-state index is 14.2. The summed E-state index contributed by atoms with van der Waals surface area (Å²) in [4.78, 5) is 22.8. The van der Waals surface area contributed by atoms with Crippen LogP contribution < -0.4 is 52.5 Å². The van der Waals surface area contributed by atoms with Gasteiger partial charge in [-0.3, -0.25) is 0 Å². The van der Waals surface area contributed by atoms with E-state index in [2.05, 4.69) is 11.6 Å². The Morgan fingerprint density at radius 2 is 2.03 bits per heavy atom. The second-order valence-electron chi connectivity index (χ2n) is 7.76. The summed E-state index contributed by atoms with van der Waals surface area (Å²) in [7, 11) is -2.98. The number of carbonyl (C=O) groups excluding carboxylic acids is 1. The molecule has 10 heteroatoms. The van der Waals surface area contributed by atoms with Gasteiger partial charge in [-0.15, -0.1) is 0 Å². The average Bonchev–Trinajstić information content (AvgIpc) is 2.58. The van der Waals surface area contributed by atoms with Crippen molar-refractivity contribution in [1.29, 1.82) is 0 Å². The van der Waals surface area contributed by atoms with Gasteiger partial charge in [0.25, 0.3) is 0 Å². The predicted molar refractivity (Wildman–Crippen MR) is 103 cm³/mol. The molecule has 1 aliphatic carbocycles. The van der Waals surface area contributed by atoms with E-state index in [0.717, 1.165) is 18.4 Å². The number of allylic oxidation sites excluding steroid dienone is 2. The van der Waals surface area contributed by atoms with Gasteiger partial charge < -0.3 is 29.2 Å². The van der Waals surface area contributed by atoms with Crippen LogP contribution in [0.3, 0.4) is 0 Å². The number of carboxylic acids is 1. The number of aliphatic hydroxyl groups is 1. The number of carbonyl (C=O) groups is 1. The van der Waals surface area contributed by atoms with E-state index >= 15 is 0 Å². The second kappa shape index (κ2) is 12.3. The molecular weight excluding hydrogens is 412 g/mol. The molecule has 0 radical (unpaired) electrons. The van der Waals surface area contributed by atoms with Gasteiger partial charge in [-0.1, -0.05) is 25.8 Å². The van der Waals surface area contributed by atoms with Crippen LogP contribution in [0, 0.1) is 22.8 Å². The Balaban J connectivity index is 0.00000450. The monoisotopic (exact) mass is 436 g/mol. The van der Waals surface area contributed by atoms with Gasteiger partial charge in [-0.25, -0.2) is 4.39 Å². The van der Waals surface area contributed by atoms with Gasteiger partial charge in [0, 0.05) is 24.1 Å². The molecule has 0 fully saturated rings. The van der Waals surface area contributed by atoms with Crippen molar-refractivity contribution in [2.75, 3.05) is 13.3 Å². The number of benzene rings is 1. The van der Waals surface area contributed by atoms with Crippen LogP contribution in [0.1, 0.15) is 45.1 Å². The fraction of sp³-hybridized carbons (Fsp3) is 0.476. The van der Waals surface area contributed by atoms with Crippen molar-refractivity contribution < 1.29 is 71.3 Å². The zero-order valence-electron chi connectivity index (χ0n) is 18.7. The number of hydrogen-bond acceptors (Lipinski definition) is 6. The SMILES string of the molecule is COc1ccc(C2=C(C#CP(=O)([O-])C[C@@H](O)CC(=O)[O-])C(C)(C)CCC2)cc1F.[Li+].[Li+]. The van der Waals surface area contributed by atoms with Gasteiger partial charge in [0.05, 0.1) is 20.6 Å². The minimum atomic E-state index is -4.35. The minimum absolute atomic E-state index is 0. The van der Waals surface area contributed by atoms with Gasteiger partial charge in [-0.2, -0.15) is 0 Å². The van der Waals surface area contributed by atoms with Crippen LogP contribution in [-0.2, 0) is 9.36 Å². The number of carboxylic acid groups (broad SMARTS) is 1. The van der Waals surface area contributed by atoms with E-state index < -0.39 is 43.3 Å². The second-order valence-corrected chi connectivity index (χ2v) is 9.70. The number of ether oxygens (including phenoxy) is 1. The van der Waals surface area contributed by atoms with Crippen molar-refractivity contribution >= 4 is 18.9 Å². The van der Waals surface area contributed by atoms with Gasteiger partial charge in [0.1, 0.15) is 0 Å². The summed E-state index contributed by atoms with van der Waals surface area (Å²) in [5.41, 5.74) is 3.78. The van der Waals surface area contributed by atoms with Crippen LogP contribution >= 0.6 is 7.37 Å². The first-order chi connectivity index (χ1) is 13.4. The van der Waals surface area contributed by atoms with E-state index in [-0.39, 0.29) is 43.5 Å². The van der Waals surface area contributed by atoms with Crippen molar-refractivity contribution in [2.45, 2.75) is 45.6 Å². The summed E-state index contributed by atoms with van der Waals surface area (Å²) in [6.45, 7) is 3.88. The normalized spacial score (nSPS) is 17.7. The molecule has 2 atom stereocenters. The van der Waals surface area contributed by atoms with Crippen molar-refractivity contribution in [1.82, 2.24) is 0 Å². The van der Waals surface area contributed by atoms with Gasteiger partial charge in [0.15, 0.2) is 11.6 Å². The number of hydrogen-bond donors (Lipinski definition) is 1. The summed E-state index contributed by atoms with van der Waals surface area (Å²) >= 11 is 0. The Labute approximate surface area is 206 Å². The summed E-state index contributed by atoms with van der Waals surface area (Å²) in [5, 5.41) is 20.1. The molecule has 6 nitrogen and oxygen atoms in total. The van der Waals surface area contributed by atoms with Crippen LogP contribution in [0.4, 0.5) is 4.39 Å². The van der Waals surface area contributed by atoms with E-state index in [1.807, 2.05) is 13.8 Å². The van der Waals surface area contributed by atoms with Crippen molar-refractivity contribution in [2.24, 2.45) is 5.41 Å². The molecule has 1 N–H and O–H groups in total. The maximum Gasteiger partial charge on any atom is 1.00 e. The zero-order valence-corrected chi connectivity index (χ0v) is 19.6. The topological polar surface area (TPSA) is 110 Å². The fourth-order valence-electron chi connectivity index (χ4n) is 3.47. The van der Waals surface area contributed by atoms with Crippen molar-refractivity contribution in [3.63, 3.8) is 0 Å². The summed E-state index contributed by atoms with van der Waals surface area (Å²) in [6, 6.07) is 4.57. The Bertz CT molecular complexity index is 936. The Hall–Kier alpha value is -0.935. The number of aliphatic carboxylic acids is 1. The average molecular weight is 436 g/mol. The van der Waals surface area contributed by atoms with Gasteiger partial charge in [0.2, 0.25) is 0 Å². The molecular formula is C21H24FLi2O6P. The summed E-state index contributed by atoms with van der Waals surface area (Å²) < 4.78 is 31.4. The van der Waals surface area contributed by atoms with E-state index in [1.54, 1.807) is 6.07 Å². The third-order valence-corrected chi connectivity index (χ3v) is 6.27. The Morgan fingerprint density at radius 3 is 2.58 bits per heavy atom. The van der Waals surface area contributed by atoms with Crippen LogP contribution in [0.25, 0.3) is 5.57 Å². The maximum atomic E-state index is 14.2. The van der Waals surface area contributed by atoms with Crippen LogP contribution in [0.2, 0.25) is 0 Å². The third kappa shape index (κ3) is 8.49. The van der Waals surface area contributed by atoms with E-state index in [9.17, 15) is 28.9 Å². The molecule has 0 heterocycles. The first-order valence-corrected chi connectivity index (χ1v) is 11.0. The van der Waals surface area contributed by atoms with Gasteiger partial charge >= 0.3 is 37.7 Å². The molecule has 0 bridgehead atoms. The van der Waals surface area contributed by atoms with E-state index in [1.165, 1.54) is 19.2 Å². The summed E-state index contributed by atoms with van der Waals surface area (Å²) in [5.74, 6) is 0.791. The Kier molecular flexibility index (Phi) is 12.0. The summed E-state index contributed by atoms with van der Waals surface area (Å²) in [6.07, 6.45) is -0.875. The molecule has 1 aromatic carbocycles. The first kappa shape index (κ1) is 30.1. The molecule has 1 unspecified atom stereocenters. The molecule has 0 spiro atoms. The molecule has 2 rings (SSSR count). The number of halogens is 1. The zero-order chi connectivity index (χ0) is 21.8. The van der Waals surface area contributed by atoms with Crippen molar-refractivity contribution in [3.8, 4) is 17.3 Å². The van der Waals surface area contributed by atoms with E-state index in [0.29, 0.717) is 17.6 Å². The van der Waals surface area contributed by atoms with Gasteiger partial charge in [-0.05, 0) is 53.6 Å². The predicted octanol–water partition coefficient (Wildman–Crippen LogP) is -4.09. The largest absolute Gasteiger partial charge is 1.00 e. The molecule has 1 aliphatic rings. The first-order valence-electron chi connectivity index (χ1n) is 9.24. The molecule has 158 valence electrons. The minimum Gasteiger partial charge on any atom is -0.790 e. The van der Waals surface area contributed by atoms with E-state index in [4.69, 9.17) is 4.74 Å². The third-order valence-electron chi connectivity index (χ3n) is 4.91. The van der Waals surface area contributed by atoms with Crippen LogP contribution in [0.15, 0.2) is 23.8 Å². The van der Waals surface area contributed by atoms with Crippen LogP contribution in [0.5, 0.6) is 5.75 Å². The van der Waals surface area contributed by atoms with Crippen molar-refractivity contribution in [3.05, 3.63) is 35.2 Å². The Morgan fingerprint density at radius 1 is 1.39 bits per heavy atom. The molecule has 0 amide bonds. The quantitative estimate of drug-likeness (QED) is 0.276. The standard InChI is InChI=1S/C21H26FO6P.2Li/c1-21(2)9-4-5-16(14-6-7-19(28-3)18(22)11-14)17(21)8-10-29(26,27)13-15(23)12-20(24)25;;/h6-7,11,15,23H,4-5,9,12-13H2,1-3H3,(H,24,25)(H,26,27);;/q;2*+1/p-2/t15-;;/m0../s1. The molecule has 0 saturated heterocycles. The smallest absolute Gasteiger partial charge is 0.790 e. The van der Waals surface area contributed by atoms with Crippen LogP contribution in [-0.4, -0.2) is 30.5 Å². The molecule has 31 heavy (non-hydrogen) atoms. The molecule has 0 aromatic heterocycles. The number of aliphatic hydroxyl groups excluding tert-OH is 1. The number of rotatable bonds is 6. The fourth-order valence-corrected chi connectivity index (χ4v) is 4.53. The number of methoxy groups -OCH3 is 1. The molecule has 1 aromatic rings.